The third-order valence-corrected chi connectivity index (χ3v) is 6.23. The van der Waals surface area contributed by atoms with Gasteiger partial charge in [0.25, 0.3) is 5.91 Å². The quantitative estimate of drug-likeness (QED) is 0.731. The molecular weight excluding hydrogens is 392 g/mol. The van der Waals surface area contributed by atoms with Gasteiger partial charge in [0.1, 0.15) is 17.9 Å². The van der Waals surface area contributed by atoms with Gasteiger partial charge >= 0.3 is 6.03 Å². The van der Waals surface area contributed by atoms with Crippen LogP contribution in [0, 0.1) is 13.8 Å². The summed E-state index contributed by atoms with van der Waals surface area (Å²) in [6, 6.07) is 11.3. The fraction of sp³-hybridized carbons (Fsp3) is 0.333. The Bertz CT molecular complexity index is 1040. The van der Waals surface area contributed by atoms with Crippen LogP contribution in [0.3, 0.4) is 0 Å². The first-order chi connectivity index (χ1) is 13.5. The molecule has 0 saturated carbocycles. The molecule has 1 N–H and O–H groups in total. The van der Waals surface area contributed by atoms with Gasteiger partial charge in [-0.3, -0.25) is 9.69 Å². The van der Waals surface area contributed by atoms with Crippen molar-refractivity contribution in [1.29, 1.82) is 0 Å². The molecule has 154 valence electrons. The van der Waals surface area contributed by atoms with Crippen LogP contribution in [-0.2, 0) is 20.2 Å². The van der Waals surface area contributed by atoms with Crippen molar-refractivity contribution < 1.29 is 22.7 Å². The number of sulfone groups is 1. The van der Waals surface area contributed by atoms with E-state index in [1.807, 2.05) is 32.0 Å². The summed E-state index contributed by atoms with van der Waals surface area (Å²) in [6.07, 6.45) is 1.12. The number of para-hydroxylation sites is 1. The number of imide groups is 1. The predicted octanol–water partition coefficient (Wildman–Crippen LogP) is 2.55. The highest BCUT2D eigenvalue weighted by atomic mass is 32.2. The maximum atomic E-state index is 13.0. The van der Waals surface area contributed by atoms with Crippen molar-refractivity contribution in [3.05, 3.63) is 59.2 Å². The van der Waals surface area contributed by atoms with Crippen LogP contribution in [0.4, 0.5) is 4.79 Å². The third-order valence-electron chi connectivity index (χ3n) is 5.10. The van der Waals surface area contributed by atoms with E-state index in [-0.39, 0.29) is 18.0 Å². The number of ether oxygens (including phenoxy) is 1. The van der Waals surface area contributed by atoms with Gasteiger partial charge in [0.05, 0.1) is 11.4 Å². The van der Waals surface area contributed by atoms with Crippen molar-refractivity contribution in [1.82, 2.24) is 10.2 Å². The highest BCUT2D eigenvalue weighted by Gasteiger charge is 2.48. The largest absolute Gasteiger partial charge is 0.491 e. The molecular formula is C21H24N2O5S. The second kappa shape index (κ2) is 7.51. The van der Waals surface area contributed by atoms with E-state index in [1.165, 1.54) is 12.1 Å². The molecule has 2 aromatic rings. The second-order valence-electron chi connectivity index (χ2n) is 7.38. The number of carbonyl (C=O) groups excluding carboxylic acids is 2. The zero-order chi connectivity index (χ0) is 21.4. The van der Waals surface area contributed by atoms with Gasteiger partial charge in [-0.2, -0.15) is 0 Å². The summed E-state index contributed by atoms with van der Waals surface area (Å²) in [7, 11) is -3.34. The third kappa shape index (κ3) is 3.98. The lowest BCUT2D eigenvalue weighted by molar-refractivity contribution is -0.131. The van der Waals surface area contributed by atoms with E-state index < -0.39 is 27.3 Å². The molecule has 2 aromatic carbocycles. The molecule has 1 heterocycles. The number of nitrogens with zero attached hydrogens (tertiary/aromatic N) is 1. The maximum absolute atomic E-state index is 13.0. The summed E-state index contributed by atoms with van der Waals surface area (Å²) in [5, 5.41) is 2.71. The molecule has 1 atom stereocenters. The summed E-state index contributed by atoms with van der Waals surface area (Å²) in [5.41, 5.74) is 1.23. The predicted molar refractivity (Wildman–Crippen MR) is 109 cm³/mol. The summed E-state index contributed by atoms with van der Waals surface area (Å²) in [5.74, 6) is 0.346. The summed E-state index contributed by atoms with van der Waals surface area (Å²) >= 11 is 0. The molecule has 3 rings (SSSR count). The normalized spacial score (nSPS) is 19.4. The van der Waals surface area contributed by atoms with Crippen LogP contribution in [0.5, 0.6) is 5.75 Å². The minimum atomic E-state index is -3.34. The fourth-order valence-corrected chi connectivity index (χ4v) is 4.03. The Morgan fingerprint density at radius 2 is 1.62 bits per heavy atom. The average molecular weight is 416 g/mol. The summed E-state index contributed by atoms with van der Waals surface area (Å²) < 4.78 is 29.1. The fourth-order valence-electron chi connectivity index (χ4n) is 3.40. The van der Waals surface area contributed by atoms with Crippen LogP contribution in [-0.4, -0.2) is 44.7 Å². The number of hydrogen-bond acceptors (Lipinski definition) is 5. The van der Waals surface area contributed by atoms with Crippen molar-refractivity contribution >= 4 is 21.8 Å². The van der Waals surface area contributed by atoms with Crippen LogP contribution < -0.4 is 10.1 Å². The first kappa shape index (κ1) is 20.9. The molecule has 1 fully saturated rings. The van der Waals surface area contributed by atoms with Crippen LogP contribution >= 0.6 is 0 Å². The molecule has 0 radical (unpaired) electrons. The summed E-state index contributed by atoms with van der Waals surface area (Å²) in [4.78, 5) is 26.7. The van der Waals surface area contributed by atoms with E-state index in [4.69, 9.17) is 4.74 Å². The Morgan fingerprint density at radius 3 is 2.17 bits per heavy atom. The van der Waals surface area contributed by atoms with E-state index in [0.29, 0.717) is 5.56 Å². The topological polar surface area (TPSA) is 92.8 Å². The van der Waals surface area contributed by atoms with Crippen LogP contribution in [0.1, 0.15) is 23.6 Å². The van der Waals surface area contributed by atoms with Gasteiger partial charge in [0.2, 0.25) is 0 Å². The Balaban J connectivity index is 1.73. The molecule has 0 bridgehead atoms. The number of carbonyl (C=O) groups is 2. The number of benzene rings is 2. The Hall–Kier alpha value is -2.87. The molecule has 7 nitrogen and oxygen atoms in total. The van der Waals surface area contributed by atoms with Crippen LogP contribution in [0.15, 0.2) is 47.4 Å². The van der Waals surface area contributed by atoms with Crippen molar-refractivity contribution in [3.8, 4) is 5.75 Å². The smallest absolute Gasteiger partial charge is 0.325 e. The van der Waals surface area contributed by atoms with Gasteiger partial charge in [-0.05, 0) is 49.6 Å². The van der Waals surface area contributed by atoms with Gasteiger partial charge < -0.3 is 10.1 Å². The highest BCUT2D eigenvalue weighted by Crippen LogP contribution is 2.30. The lowest BCUT2D eigenvalue weighted by Gasteiger charge is -2.22. The molecule has 0 aromatic heterocycles. The number of nitrogens with one attached hydrogen (secondary N) is 1. The lowest BCUT2D eigenvalue weighted by atomic mass is 9.92. The van der Waals surface area contributed by atoms with Crippen LogP contribution in [0.2, 0.25) is 0 Å². The number of hydrogen-bond donors (Lipinski definition) is 1. The molecule has 0 aliphatic carbocycles. The van der Waals surface area contributed by atoms with Gasteiger partial charge in [0.15, 0.2) is 9.84 Å². The zero-order valence-corrected chi connectivity index (χ0v) is 17.7. The van der Waals surface area contributed by atoms with E-state index in [2.05, 4.69) is 5.32 Å². The molecule has 3 amide bonds. The van der Waals surface area contributed by atoms with Gasteiger partial charge in [-0.25, -0.2) is 13.2 Å². The van der Waals surface area contributed by atoms with Crippen LogP contribution in [0.25, 0.3) is 0 Å². The van der Waals surface area contributed by atoms with E-state index in [9.17, 15) is 18.0 Å². The monoisotopic (exact) mass is 416 g/mol. The Morgan fingerprint density at radius 1 is 1.03 bits per heavy atom. The molecule has 1 saturated heterocycles. The molecule has 1 aliphatic heterocycles. The SMILES string of the molecule is Cc1cccc(C)c1OCCN1C(=O)NC(C)(c2ccc(S(C)(=O)=O)cc2)C1=O. The molecule has 1 unspecified atom stereocenters. The highest BCUT2D eigenvalue weighted by molar-refractivity contribution is 7.90. The molecule has 29 heavy (non-hydrogen) atoms. The first-order valence-electron chi connectivity index (χ1n) is 9.18. The minimum absolute atomic E-state index is 0.107. The van der Waals surface area contributed by atoms with E-state index >= 15 is 0 Å². The lowest BCUT2D eigenvalue weighted by Crippen LogP contribution is -2.41. The van der Waals surface area contributed by atoms with E-state index in [1.54, 1.807) is 19.1 Å². The number of rotatable bonds is 6. The number of amides is 3. The van der Waals surface area contributed by atoms with Crippen molar-refractivity contribution in [3.63, 3.8) is 0 Å². The summed E-state index contributed by atoms with van der Waals surface area (Å²) in [6.45, 7) is 5.76. The molecule has 1 aliphatic rings. The molecule has 0 spiro atoms. The maximum Gasteiger partial charge on any atom is 0.325 e. The minimum Gasteiger partial charge on any atom is -0.491 e. The zero-order valence-electron chi connectivity index (χ0n) is 16.9. The van der Waals surface area contributed by atoms with Gasteiger partial charge in [0, 0.05) is 6.26 Å². The number of aryl methyl sites for hydroxylation is 2. The second-order valence-corrected chi connectivity index (χ2v) is 9.39. The average Bonchev–Trinajstić information content (AvgIpc) is 2.87. The van der Waals surface area contributed by atoms with Crippen molar-refractivity contribution in [2.75, 3.05) is 19.4 Å². The van der Waals surface area contributed by atoms with Gasteiger partial charge in [-0.1, -0.05) is 30.3 Å². The van der Waals surface area contributed by atoms with Gasteiger partial charge in [-0.15, -0.1) is 0 Å². The standard InChI is InChI=1S/C21H24N2O5S/c1-14-6-5-7-15(2)18(14)28-13-12-23-19(24)21(3,22-20(23)25)16-8-10-17(11-9-16)29(4,26)27/h5-11H,12-13H2,1-4H3,(H,22,25). The molecule has 8 heteroatoms. The Labute approximate surface area is 170 Å². The Kier molecular flexibility index (Phi) is 5.40. The van der Waals surface area contributed by atoms with E-state index in [0.717, 1.165) is 28.0 Å². The first-order valence-corrected chi connectivity index (χ1v) is 11.1. The van der Waals surface area contributed by atoms with Crippen molar-refractivity contribution in [2.24, 2.45) is 0 Å². The van der Waals surface area contributed by atoms with Crippen molar-refractivity contribution in [2.45, 2.75) is 31.2 Å². The number of urea groups is 1.